The van der Waals surface area contributed by atoms with Crippen LogP contribution in [0.3, 0.4) is 0 Å². The summed E-state index contributed by atoms with van der Waals surface area (Å²) in [4.78, 5) is 0. The molecular weight excluding hydrogens is 191 g/mol. The van der Waals surface area contributed by atoms with E-state index < -0.39 is 11.9 Å². The second-order valence-corrected chi connectivity index (χ2v) is 3.43. The quantitative estimate of drug-likeness (QED) is 0.769. The van der Waals surface area contributed by atoms with Crippen molar-refractivity contribution < 1.29 is 4.39 Å². The number of halogens is 2. The SMILES string of the molecule is CC(N)C(N)c1c(F)cccc1Cl. The summed E-state index contributed by atoms with van der Waals surface area (Å²) < 4.78 is 13.2. The fraction of sp³-hybridized carbons (Fsp3) is 0.333. The minimum Gasteiger partial charge on any atom is -0.326 e. The molecule has 0 radical (unpaired) electrons. The second kappa shape index (κ2) is 4.05. The largest absolute Gasteiger partial charge is 0.326 e. The fourth-order valence-corrected chi connectivity index (χ4v) is 1.38. The molecule has 2 unspecified atom stereocenters. The van der Waals surface area contributed by atoms with Crippen LogP contribution in [0.4, 0.5) is 4.39 Å². The van der Waals surface area contributed by atoms with Crippen molar-refractivity contribution in [3.63, 3.8) is 0 Å². The van der Waals surface area contributed by atoms with Gasteiger partial charge in [0.05, 0.1) is 0 Å². The summed E-state index contributed by atoms with van der Waals surface area (Å²) in [5.74, 6) is -0.405. The Balaban J connectivity index is 3.12. The highest BCUT2D eigenvalue weighted by atomic mass is 35.5. The molecule has 2 atom stereocenters. The summed E-state index contributed by atoms with van der Waals surface area (Å²) in [5, 5.41) is 0.324. The van der Waals surface area contributed by atoms with E-state index in [1.54, 1.807) is 13.0 Å². The Morgan fingerprint density at radius 3 is 2.46 bits per heavy atom. The van der Waals surface area contributed by atoms with Crippen molar-refractivity contribution in [3.8, 4) is 0 Å². The van der Waals surface area contributed by atoms with Crippen LogP contribution in [0.25, 0.3) is 0 Å². The number of benzene rings is 1. The maximum Gasteiger partial charge on any atom is 0.129 e. The Hall–Kier alpha value is -0.640. The van der Waals surface area contributed by atoms with Gasteiger partial charge in [-0.05, 0) is 19.1 Å². The Labute approximate surface area is 81.7 Å². The maximum absolute atomic E-state index is 13.2. The summed E-state index contributed by atoms with van der Waals surface area (Å²) in [6, 6.07) is 3.57. The van der Waals surface area contributed by atoms with Crippen LogP contribution in [0, 0.1) is 5.82 Å². The molecule has 0 spiro atoms. The Bertz CT molecular complexity index is 281. The monoisotopic (exact) mass is 202 g/mol. The van der Waals surface area contributed by atoms with Crippen LogP contribution in [-0.4, -0.2) is 6.04 Å². The zero-order chi connectivity index (χ0) is 10.0. The summed E-state index contributed by atoms with van der Waals surface area (Å²) in [5.41, 5.74) is 11.5. The lowest BCUT2D eigenvalue weighted by Crippen LogP contribution is -2.32. The molecule has 13 heavy (non-hydrogen) atoms. The normalized spacial score (nSPS) is 15.5. The van der Waals surface area contributed by atoms with Gasteiger partial charge in [-0.2, -0.15) is 0 Å². The highest BCUT2D eigenvalue weighted by Crippen LogP contribution is 2.25. The molecule has 1 aromatic rings. The van der Waals surface area contributed by atoms with Crippen molar-refractivity contribution in [1.29, 1.82) is 0 Å². The van der Waals surface area contributed by atoms with E-state index in [4.69, 9.17) is 23.1 Å². The van der Waals surface area contributed by atoms with Crippen LogP contribution in [-0.2, 0) is 0 Å². The van der Waals surface area contributed by atoms with E-state index in [-0.39, 0.29) is 6.04 Å². The summed E-state index contributed by atoms with van der Waals surface area (Å²) >= 11 is 5.79. The molecule has 0 aliphatic carbocycles. The average Bonchev–Trinajstić information content (AvgIpc) is 2.03. The van der Waals surface area contributed by atoms with Gasteiger partial charge in [0.1, 0.15) is 5.82 Å². The van der Waals surface area contributed by atoms with Gasteiger partial charge >= 0.3 is 0 Å². The Kier molecular flexibility index (Phi) is 3.25. The van der Waals surface area contributed by atoms with Gasteiger partial charge in [0.25, 0.3) is 0 Å². The number of hydrogen-bond donors (Lipinski definition) is 2. The summed E-state index contributed by atoms with van der Waals surface area (Å²) in [7, 11) is 0. The third-order valence-corrected chi connectivity index (χ3v) is 2.23. The van der Waals surface area contributed by atoms with Gasteiger partial charge in [-0.3, -0.25) is 0 Å². The minimum absolute atomic E-state index is 0.291. The molecule has 0 saturated heterocycles. The van der Waals surface area contributed by atoms with Crippen molar-refractivity contribution in [2.45, 2.75) is 19.0 Å². The Morgan fingerprint density at radius 1 is 1.38 bits per heavy atom. The lowest BCUT2D eigenvalue weighted by atomic mass is 10.0. The number of rotatable bonds is 2. The van der Waals surface area contributed by atoms with Crippen molar-refractivity contribution in [2.75, 3.05) is 0 Å². The molecule has 0 heterocycles. The van der Waals surface area contributed by atoms with Crippen LogP contribution in [0.1, 0.15) is 18.5 Å². The van der Waals surface area contributed by atoms with Crippen LogP contribution in [0.2, 0.25) is 5.02 Å². The van der Waals surface area contributed by atoms with Gasteiger partial charge in [0.2, 0.25) is 0 Å². The molecule has 2 nitrogen and oxygen atoms in total. The first-order valence-electron chi connectivity index (χ1n) is 3.99. The fourth-order valence-electron chi connectivity index (χ4n) is 1.09. The first-order valence-corrected chi connectivity index (χ1v) is 4.37. The van der Waals surface area contributed by atoms with Gasteiger partial charge in [-0.15, -0.1) is 0 Å². The summed E-state index contributed by atoms with van der Waals surface area (Å²) in [6.45, 7) is 1.72. The van der Waals surface area contributed by atoms with E-state index >= 15 is 0 Å². The van der Waals surface area contributed by atoms with Crippen LogP contribution >= 0.6 is 11.6 Å². The highest BCUT2D eigenvalue weighted by molar-refractivity contribution is 6.31. The molecule has 0 amide bonds. The van der Waals surface area contributed by atoms with Crippen LogP contribution < -0.4 is 11.5 Å². The molecule has 0 aliphatic rings. The molecule has 1 rings (SSSR count). The smallest absolute Gasteiger partial charge is 0.129 e. The molecule has 1 aromatic carbocycles. The molecular formula is C9H12ClFN2. The minimum atomic E-state index is -0.561. The van der Waals surface area contributed by atoms with Gasteiger partial charge in [-0.1, -0.05) is 17.7 Å². The second-order valence-electron chi connectivity index (χ2n) is 3.02. The van der Waals surface area contributed by atoms with E-state index in [0.717, 1.165) is 0 Å². The first kappa shape index (κ1) is 10.4. The molecule has 72 valence electrons. The lowest BCUT2D eigenvalue weighted by Gasteiger charge is -2.17. The molecule has 0 bridgehead atoms. The van der Waals surface area contributed by atoms with Crippen molar-refractivity contribution in [3.05, 3.63) is 34.6 Å². The third kappa shape index (κ3) is 2.18. The Morgan fingerprint density at radius 2 is 2.00 bits per heavy atom. The van der Waals surface area contributed by atoms with E-state index in [1.807, 2.05) is 0 Å². The van der Waals surface area contributed by atoms with Gasteiger partial charge < -0.3 is 11.5 Å². The van der Waals surface area contributed by atoms with E-state index in [9.17, 15) is 4.39 Å². The number of nitrogens with two attached hydrogens (primary N) is 2. The molecule has 0 aliphatic heterocycles. The first-order chi connectivity index (χ1) is 6.04. The van der Waals surface area contributed by atoms with Gasteiger partial charge in [-0.25, -0.2) is 4.39 Å². The van der Waals surface area contributed by atoms with E-state index in [0.29, 0.717) is 10.6 Å². The summed E-state index contributed by atoms with van der Waals surface area (Å²) in [6.07, 6.45) is 0. The molecule has 0 aromatic heterocycles. The number of hydrogen-bond acceptors (Lipinski definition) is 2. The zero-order valence-corrected chi connectivity index (χ0v) is 8.05. The molecule has 4 N–H and O–H groups in total. The molecule has 0 fully saturated rings. The zero-order valence-electron chi connectivity index (χ0n) is 7.30. The molecule has 0 saturated carbocycles. The van der Waals surface area contributed by atoms with Crippen molar-refractivity contribution in [1.82, 2.24) is 0 Å². The van der Waals surface area contributed by atoms with Crippen molar-refractivity contribution in [2.24, 2.45) is 11.5 Å². The van der Waals surface area contributed by atoms with E-state index in [1.165, 1.54) is 12.1 Å². The third-order valence-electron chi connectivity index (χ3n) is 1.90. The highest BCUT2D eigenvalue weighted by Gasteiger charge is 2.17. The topological polar surface area (TPSA) is 52.0 Å². The predicted octanol–water partition coefficient (Wildman–Crippen LogP) is 1.83. The molecule has 4 heteroatoms. The average molecular weight is 203 g/mol. The van der Waals surface area contributed by atoms with Crippen molar-refractivity contribution >= 4 is 11.6 Å². The maximum atomic E-state index is 13.2. The van der Waals surface area contributed by atoms with Gasteiger partial charge in [0, 0.05) is 22.7 Å². The van der Waals surface area contributed by atoms with Crippen LogP contribution in [0.5, 0.6) is 0 Å². The lowest BCUT2D eigenvalue weighted by molar-refractivity contribution is 0.536. The standard InChI is InChI=1S/C9H12ClFN2/c1-5(12)9(13)8-6(10)3-2-4-7(8)11/h2-5,9H,12-13H2,1H3. The van der Waals surface area contributed by atoms with Crippen LogP contribution in [0.15, 0.2) is 18.2 Å². The van der Waals surface area contributed by atoms with Gasteiger partial charge in [0.15, 0.2) is 0 Å². The van der Waals surface area contributed by atoms with E-state index in [2.05, 4.69) is 0 Å². The predicted molar refractivity (Wildman–Crippen MR) is 52.0 cm³/mol.